The van der Waals surface area contributed by atoms with E-state index in [0.717, 1.165) is 17.7 Å². The predicted octanol–water partition coefficient (Wildman–Crippen LogP) is 4.17. The van der Waals surface area contributed by atoms with Gasteiger partial charge in [-0.2, -0.15) is 5.10 Å². The number of carbonyl (C=O) groups is 1. The second kappa shape index (κ2) is 6.83. The van der Waals surface area contributed by atoms with Crippen molar-refractivity contribution in [2.75, 3.05) is 0 Å². The maximum Gasteiger partial charge on any atom is 0.244 e. The van der Waals surface area contributed by atoms with Gasteiger partial charge in [0.2, 0.25) is 5.91 Å². The molecule has 0 heterocycles. The molecule has 2 atom stereocenters. The van der Waals surface area contributed by atoms with Gasteiger partial charge in [0.15, 0.2) is 0 Å². The van der Waals surface area contributed by atoms with Crippen LogP contribution in [0, 0.1) is 5.92 Å². The van der Waals surface area contributed by atoms with E-state index in [-0.39, 0.29) is 17.2 Å². The van der Waals surface area contributed by atoms with Crippen LogP contribution < -0.4 is 5.43 Å². The Morgan fingerprint density at radius 2 is 1.75 bits per heavy atom. The Labute approximate surface area is 143 Å². The van der Waals surface area contributed by atoms with Crippen LogP contribution in [0.1, 0.15) is 31.4 Å². The predicted molar refractivity (Wildman–Crippen MR) is 98.6 cm³/mol. The average molecular weight is 318 g/mol. The molecular weight excluding hydrogens is 296 g/mol. The van der Waals surface area contributed by atoms with E-state index in [9.17, 15) is 4.79 Å². The number of rotatable bonds is 5. The fourth-order valence-electron chi connectivity index (χ4n) is 2.92. The molecule has 3 heteroatoms. The number of benzene rings is 2. The number of hydrogen-bond acceptors (Lipinski definition) is 2. The molecule has 2 unspecified atom stereocenters. The maximum atomic E-state index is 12.3. The first-order valence-electron chi connectivity index (χ1n) is 8.22. The summed E-state index contributed by atoms with van der Waals surface area (Å²) in [7, 11) is 0. The van der Waals surface area contributed by atoms with Gasteiger partial charge in [0.1, 0.15) is 0 Å². The lowest BCUT2D eigenvalue weighted by Gasteiger charge is -2.10. The number of hydrogen-bond donors (Lipinski definition) is 1. The summed E-state index contributed by atoms with van der Waals surface area (Å²) in [5.41, 5.74) is 5.74. The second-order valence-electron chi connectivity index (χ2n) is 6.51. The monoisotopic (exact) mass is 318 g/mol. The highest BCUT2D eigenvalue weighted by Gasteiger charge is 2.55. The van der Waals surface area contributed by atoms with E-state index in [1.165, 1.54) is 5.56 Å². The van der Waals surface area contributed by atoms with Crippen LogP contribution >= 0.6 is 0 Å². The molecule has 1 aliphatic carbocycles. The van der Waals surface area contributed by atoms with Gasteiger partial charge in [-0.3, -0.25) is 4.79 Å². The van der Waals surface area contributed by atoms with Crippen LogP contribution in [0.15, 0.2) is 71.8 Å². The smallest absolute Gasteiger partial charge is 0.244 e. The van der Waals surface area contributed by atoms with Crippen LogP contribution in [0.3, 0.4) is 0 Å². The van der Waals surface area contributed by atoms with Crippen molar-refractivity contribution in [3.63, 3.8) is 0 Å². The zero-order valence-corrected chi connectivity index (χ0v) is 14.1. The number of allylic oxidation sites excluding steroid dienone is 1. The van der Waals surface area contributed by atoms with Crippen molar-refractivity contribution in [3.8, 4) is 0 Å². The van der Waals surface area contributed by atoms with Crippen LogP contribution in [0.4, 0.5) is 0 Å². The van der Waals surface area contributed by atoms with Crippen molar-refractivity contribution in [1.82, 2.24) is 5.43 Å². The fourth-order valence-corrected chi connectivity index (χ4v) is 2.92. The summed E-state index contributed by atoms with van der Waals surface area (Å²) >= 11 is 0. The van der Waals surface area contributed by atoms with Crippen LogP contribution in [0.25, 0.3) is 6.08 Å². The van der Waals surface area contributed by atoms with Crippen molar-refractivity contribution in [3.05, 3.63) is 77.9 Å². The molecular formula is C21H22N2O. The summed E-state index contributed by atoms with van der Waals surface area (Å²) in [4.78, 5) is 12.3. The zero-order chi connectivity index (χ0) is 17.0. The van der Waals surface area contributed by atoms with Gasteiger partial charge >= 0.3 is 0 Å². The van der Waals surface area contributed by atoms with Crippen molar-refractivity contribution in [2.45, 2.75) is 25.7 Å². The summed E-state index contributed by atoms with van der Waals surface area (Å²) < 4.78 is 0. The van der Waals surface area contributed by atoms with E-state index >= 15 is 0 Å². The molecule has 0 saturated heterocycles. The standard InChI is InChI=1S/C21H22N2O/c1-16(13-14-17-9-5-3-6-10-17)22-23-20(24)19-15-21(19,2)18-11-7-4-8-12-18/h3-14,19H,15H2,1-2H3,(H,23,24)/b14-13+,22-16-. The van der Waals surface area contributed by atoms with E-state index in [1.807, 2.05) is 67.6 Å². The molecule has 1 N–H and O–H groups in total. The number of amides is 1. The first kappa shape index (κ1) is 16.2. The van der Waals surface area contributed by atoms with Crippen LogP contribution in [0.5, 0.6) is 0 Å². The number of hydrazone groups is 1. The normalized spacial score (nSPS) is 23.2. The summed E-state index contributed by atoms with van der Waals surface area (Å²) in [6, 6.07) is 20.2. The molecule has 2 aromatic carbocycles. The third kappa shape index (κ3) is 3.62. The molecule has 1 saturated carbocycles. The van der Waals surface area contributed by atoms with E-state index in [2.05, 4.69) is 29.6 Å². The Morgan fingerprint density at radius 1 is 1.12 bits per heavy atom. The summed E-state index contributed by atoms with van der Waals surface area (Å²) in [6.07, 6.45) is 4.76. The molecule has 2 aromatic rings. The second-order valence-corrected chi connectivity index (χ2v) is 6.51. The first-order valence-corrected chi connectivity index (χ1v) is 8.22. The molecule has 3 nitrogen and oxygen atoms in total. The van der Waals surface area contributed by atoms with Crippen molar-refractivity contribution in [2.24, 2.45) is 11.0 Å². The zero-order valence-electron chi connectivity index (χ0n) is 14.1. The average Bonchev–Trinajstić information content (AvgIpc) is 3.33. The Hall–Kier alpha value is -2.68. The maximum absolute atomic E-state index is 12.3. The quantitative estimate of drug-likeness (QED) is 0.652. The summed E-state index contributed by atoms with van der Waals surface area (Å²) in [5, 5.41) is 4.19. The highest BCUT2D eigenvalue weighted by atomic mass is 16.2. The van der Waals surface area contributed by atoms with Gasteiger partial charge in [-0.05, 0) is 30.5 Å². The largest absolute Gasteiger partial charge is 0.273 e. The van der Waals surface area contributed by atoms with Gasteiger partial charge in [-0.25, -0.2) is 5.43 Å². The molecule has 122 valence electrons. The van der Waals surface area contributed by atoms with E-state index in [4.69, 9.17) is 0 Å². The highest BCUT2D eigenvalue weighted by molar-refractivity contribution is 5.97. The molecule has 0 radical (unpaired) electrons. The van der Waals surface area contributed by atoms with Crippen LogP contribution in [-0.4, -0.2) is 11.6 Å². The van der Waals surface area contributed by atoms with Gasteiger partial charge in [-0.15, -0.1) is 0 Å². The third-order valence-corrected chi connectivity index (χ3v) is 4.65. The van der Waals surface area contributed by atoms with Crippen molar-refractivity contribution >= 4 is 17.7 Å². The molecule has 1 aliphatic rings. The van der Waals surface area contributed by atoms with Crippen molar-refractivity contribution in [1.29, 1.82) is 0 Å². The molecule has 0 spiro atoms. The lowest BCUT2D eigenvalue weighted by molar-refractivity contribution is -0.122. The van der Waals surface area contributed by atoms with Gasteiger partial charge in [0.25, 0.3) is 0 Å². The van der Waals surface area contributed by atoms with Crippen LogP contribution in [-0.2, 0) is 10.2 Å². The molecule has 0 bridgehead atoms. The Balaban J connectivity index is 1.57. The molecule has 24 heavy (non-hydrogen) atoms. The number of carbonyl (C=O) groups excluding carboxylic acids is 1. The Kier molecular flexibility index (Phi) is 4.61. The lowest BCUT2D eigenvalue weighted by atomic mass is 9.95. The SMILES string of the molecule is CC(/C=C/c1ccccc1)=N/NC(=O)C1CC1(C)c1ccccc1. The fraction of sp³-hybridized carbons (Fsp3) is 0.238. The van der Waals surface area contributed by atoms with E-state index in [1.54, 1.807) is 0 Å². The summed E-state index contributed by atoms with van der Waals surface area (Å²) in [5.74, 6) is -0.0108. The minimum atomic E-state index is -0.0609. The highest BCUT2D eigenvalue weighted by Crippen LogP contribution is 2.53. The first-order chi connectivity index (χ1) is 11.6. The topological polar surface area (TPSA) is 41.5 Å². The third-order valence-electron chi connectivity index (χ3n) is 4.65. The molecule has 0 aliphatic heterocycles. The minimum Gasteiger partial charge on any atom is -0.273 e. The van der Waals surface area contributed by atoms with Crippen LogP contribution in [0.2, 0.25) is 0 Å². The number of nitrogens with zero attached hydrogens (tertiary/aromatic N) is 1. The van der Waals surface area contributed by atoms with Gasteiger partial charge in [0, 0.05) is 5.41 Å². The summed E-state index contributed by atoms with van der Waals surface area (Å²) in [6.45, 7) is 4.02. The van der Waals surface area contributed by atoms with E-state index in [0.29, 0.717) is 0 Å². The Morgan fingerprint density at radius 3 is 2.42 bits per heavy atom. The molecule has 1 fully saturated rings. The van der Waals surface area contributed by atoms with E-state index < -0.39 is 0 Å². The lowest BCUT2D eigenvalue weighted by Crippen LogP contribution is -2.24. The van der Waals surface area contributed by atoms with Gasteiger partial charge in [-0.1, -0.05) is 73.7 Å². The van der Waals surface area contributed by atoms with Crippen molar-refractivity contribution < 1.29 is 4.79 Å². The Bertz CT molecular complexity index is 765. The molecule has 1 amide bonds. The number of nitrogens with one attached hydrogen (secondary N) is 1. The minimum absolute atomic E-state index is 0.00504. The van der Waals surface area contributed by atoms with Gasteiger partial charge in [0.05, 0.1) is 11.6 Å². The molecule has 0 aromatic heterocycles. The van der Waals surface area contributed by atoms with Gasteiger partial charge < -0.3 is 0 Å². The molecule has 3 rings (SSSR count).